The van der Waals surface area contributed by atoms with E-state index in [-0.39, 0.29) is 11.2 Å². The van der Waals surface area contributed by atoms with Crippen LogP contribution in [-0.4, -0.2) is 29.1 Å². The predicted octanol–water partition coefficient (Wildman–Crippen LogP) is 2.59. The highest BCUT2D eigenvalue weighted by Gasteiger charge is 2.30. The van der Waals surface area contributed by atoms with E-state index < -0.39 is 0 Å². The van der Waals surface area contributed by atoms with Crippen molar-refractivity contribution in [3.05, 3.63) is 0 Å². The topological polar surface area (TPSA) is 20.3 Å². The maximum atomic E-state index is 11.7. The fourth-order valence-electron chi connectivity index (χ4n) is 2.23. The van der Waals surface area contributed by atoms with E-state index in [1.807, 2.05) is 11.8 Å². The Kier molecular flexibility index (Phi) is 4.10. The number of piperidine rings is 1. The van der Waals surface area contributed by atoms with Crippen molar-refractivity contribution >= 4 is 18.5 Å². The number of amides is 1. The third-order valence-corrected chi connectivity index (χ3v) is 3.61. The molecule has 0 bridgehead atoms. The highest BCUT2D eigenvalue weighted by atomic mass is 32.1. The van der Waals surface area contributed by atoms with Crippen LogP contribution in [0.3, 0.4) is 0 Å². The molecule has 2 nitrogen and oxygen atoms in total. The zero-order chi connectivity index (χ0) is 11.6. The summed E-state index contributed by atoms with van der Waals surface area (Å²) in [4.78, 5) is 13.7. The van der Waals surface area contributed by atoms with Crippen molar-refractivity contribution in [1.82, 2.24) is 4.90 Å². The second-order valence-electron chi connectivity index (χ2n) is 5.64. The van der Waals surface area contributed by atoms with Crippen molar-refractivity contribution in [1.29, 1.82) is 0 Å². The maximum absolute atomic E-state index is 11.7. The SMILES string of the molecule is CC(S)C(=O)N1CCC(C(C)(C)C)CC1. The van der Waals surface area contributed by atoms with E-state index in [9.17, 15) is 4.79 Å². The molecule has 0 saturated carbocycles. The Morgan fingerprint density at radius 1 is 1.33 bits per heavy atom. The summed E-state index contributed by atoms with van der Waals surface area (Å²) in [6.07, 6.45) is 2.27. The summed E-state index contributed by atoms with van der Waals surface area (Å²) in [5.41, 5.74) is 0.377. The highest BCUT2D eigenvalue weighted by molar-refractivity contribution is 7.81. The molecule has 3 heteroatoms. The second-order valence-corrected chi connectivity index (χ2v) is 6.42. The Labute approximate surface area is 98.8 Å². The molecule has 0 N–H and O–H groups in total. The molecular weight excluding hydrogens is 206 g/mol. The van der Waals surface area contributed by atoms with Gasteiger partial charge in [-0.1, -0.05) is 20.8 Å². The van der Waals surface area contributed by atoms with Crippen LogP contribution in [0, 0.1) is 11.3 Å². The molecule has 1 aliphatic heterocycles. The third-order valence-electron chi connectivity index (χ3n) is 3.39. The zero-order valence-electron chi connectivity index (χ0n) is 10.3. The Balaban J connectivity index is 2.46. The summed E-state index contributed by atoms with van der Waals surface area (Å²) < 4.78 is 0. The standard InChI is InChI=1S/C12H23NOS/c1-9(15)11(14)13-7-5-10(6-8-13)12(2,3)4/h9-10,15H,5-8H2,1-4H3. The highest BCUT2D eigenvalue weighted by Crippen LogP contribution is 2.34. The monoisotopic (exact) mass is 229 g/mol. The van der Waals surface area contributed by atoms with Crippen LogP contribution < -0.4 is 0 Å². The summed E-state index contributed by atoms with van der Waals surface area (Å²) in [6.45, 7) is 10.5. The van der Waals surface area contributed by atoms with E-state index in [2.05, 4.69) is 33.4 Å². The van der Waals surface area contributed by atoms with Gasteiger partial charge in [-0.05, 0) is 31.1 Å². The molecule has 0 aliphatic carbocycles. The van der Waals surface area contributed by atoms with Gasteiger partial charge in [0.05, 0.1) is 5.25 Å². The van der Waals surface area contributed by atoms with Gasteiger partial charge in [0.15, 0.2) is 0 Å². The van der Waals surface area contributed by atoms with Crippen molar-refractivity contribution in [3.63, 3.8) is 0 Å². The Morgan fingerprint density at radius 3 is 2.13 bits per heavy atom. The van der Waals surface area contributed by atoms with Crippen LogP contribution in [0.2, 0.25) is 0 Å². The van der Waals surface area contributed by atoms with Gasteiger partial charge in [-0.2, -0.15) is 12.6 Å². The van der Waals surface area contributed by atoms with Crippen LogP contribution in [-0.2, 0) is 4.79 Å². The Morgan fingerprint density at radius 2 is 1.80 bits per heavy atom. The van der Waals surface area contributed by atoms with Crippen molar-refractivity contribution in [2.75, 3.05) is 13.1 Å². The largest absolute Gasteiger partial charge is 0.342 e. The maximum Gasteiger partial charge on any atom is 0.235 e. The first kappa shape index (κ1) is 12.9. The van der Waals surface area contributed by atoms with Crippen LogP contribution >= 0.6 is 12.6 Å². The van der Waals surface area contributed by atoms with Gasteiger partial charge >= 0.3 is 0 Å². The first-order chi connectivity index (χ1) is 6.82. The normalized spacial score (nSPS) is 21.5. The number of hydrogen-bond acceptors (Lipinski definition) is 2. The lowest BCUT2D eigenvalue weighted by molar-refractivity contribution is -0.132. The van der Waals surface area contributed by atoms with Gasteiger partial charge < -0.3 is 4.90 Å². The average Bonchev–Trinajstić information content (AvgIpc) is 2.15. The number of carbonyl (C=O) groups excluding carboxylic acids is 1. The molecule has 1 amide bonds. The van der Waals surface area contributed by atoms with Crippen LogP contribution in [0.4, 0.5) is 0 Å². The first-order valence-electron chi connectivity index (χ1n) is 5.79. The smallest absolute Gasteiger partial charge is 0.235 e. The van der Waals surface area contributed by atoms with E-state index in [1.165, 1.54) is 0 Å². The van der Waals surface area contributed by atoms with Crippen LogP contribution in [0.5, 0.6) is 0 Å². The van der Waals surface area contributed by atoms with Crippen molar-refractivity contribution in [3.8, 4) is 0 Å². The third kappa shape index (κ3) is 3.40. The minimum absolute atomic E-state index is 0.156. The number of hydrogen-bond donors (Lipinski definition) is 1. The van der Waals surface area contributed by atoms with Gasteiger partial charge in [0.2, 0.25) is 5.91 Å². The molecule has 1 fully saturated rings. The van der Waals surface area contributed by atoms with Crippen LogP contribution in [0.25, 0.3) is 0 Å². The van der Waals surface area contributed by atoms with Crippen molar-refractivity contribution in [2.24, 2.45) is 11.3 Å². The molecule has 0 spiro atoms. The molecule has 15 heavy (non-hydrogen) atoms. The first-order valence-corrected chi connectivity index (χ1v) is 6.31. The number of carbonyl (C=O) groups is 1. The number of thiol groups is 1. The summed E-state index contributed by atoms with van der Waals surface area (Å²) in [6, 6.07) is 0. The Hall–Kier alpha value is -0.180. The molecule has 1 atom stereocenters. The predicted molar refractivity (Wildman–Crippen MR) is 67.2 cm³/mol. The minimum Gasteiger partial charge on any atom is -0.342 e. The fourth-order valence-corrected chi connectivity index (χ4v) is 2.39. The van der Waals surface area contributed by atoms with Crippen molar-refractivity contribution < 1.29 is 4.79 Å². The van der Waals surface area contributed by atoms with E-state index in [0.717, 1.165) is 31.8 Å². The summed E-state index contributed by atoms with van der Waals surface area (Å²) in [5, 5.41) is -0.156. The molecule has 0 aromatic heterocycles. The van der Waals surface area contributed by atoms with Crippen LogP contribution in [0.1, 0.15) is 40.5 Å². The summed E-state index contributed by atoms with van der Waals surface area (Å²) in [7, 11) is 0. The molecule has 1 rings (SSSR count). The lowest BCUT2D eigenvalue weighted by Gasteiger charge is -2.39. The van der Waals surface area contributed by atoms with E-state index >= 15 is 0 Å². The molecule has 1 aliphatic rings. The molecule has 1 unspecified atom stereocenters. The lowest BCUT2D eigenvalue weighted by Crippen LogP contribution is -2.43. The number of rotatable bonds is 1. The Bertz CT molecular complexity index is 224. The van der Waals surface area contributed by atoms with E-state index in [1.54, 1.807) is 0 Å². The van der Waals surface area contributed by atoms with Gasteiger partial charge in [-0.15, -0.1) is 0 Å². The lowest BCUT2D eigenvalue weighted by atomic mass is 9.75. The molecule has 0 aromatic carbocycles. The van der Waals surface area contributed by atoms with Gasteiger partial charge in [0.1, 0.15) is 0 Å². The fraction of sp³-hybridized carbons (Fsp3) is 0.917. The second kappa shape index (κ2) is 4.77. The average molecular weight is 229 g/mol. The van der Waals surface area contributed by atoms with E-state index in [0.29, 0.717) is 5.41 Å². The summed E-state index contributed by atoms with van der Waals surface area (Å²) in [5.74, 6) is 0.933. The zero-order valence-corrected chi connectivity index (χ0v) is 11.2. The van der Waals surface area contributed by atoms with Crippen molar-refractivity contribution in [2.45, 2.75) is 45.8 Å². The quantitative estimate of drug-likeness (QED) is 0.685. The number of likely N-dealkylation sites (tertiary alicyclic amines) is 1. The summed E-state index contributed by atoms with van der Waals surface area (Å²) >= 11 is 4.19. The van der Waals surface area contributed by atoms with Gasteiger partial charge in [0.25, 0.3) is 0 Å². The van der Waals surface area contributed by atoms with Gasteiger partial charge in [-0.3, -0.25) is 4.79 Å². The molecular formula is C12H23NOS. The molecule has 0 radical (unpaired) electrons. The van der Waals surface area contributed by atoms with Gasteiger partial charge in [0, 0.05) is 13.1 Å². The number of nitrogens with zero attached hydrogens (tertiary/aromatic N) is 1. The van der Waals surface area contributed by atoms with Gasteiger partial charge in [-0.25, -0.2) is 0 Å². The molecule has 88 valence electrons. The van der Waals surface area contributed by atoms with E-state index in [4.69, 9.17) is 0 Å². The molecule has 0 aromatic rings. The van der Waals surface area contributed by atoms with Crippen LogP contribution in [0.15, 0.2) is 0 Å². The minimum atomic E-state index is -0.156. The molecule has 1 heterocycles. The molecule has 1 saturated heterocycles.